The van der Waals surface area contributed by atoms with Gasteiger partial charge in [0.1, 0.15) is 11.9 Å². The number of non-ortho nitro benzene ring substituents is 1. The molecule has 8 nitrogen and oxygen atoms in total. The molecule has 0 spiro atoms. The number of halogens is 2. The van der Waals surface area contributed by atoms with Crippen molar-refractivity contribution in [2.45, 2.75) is 19.0 Å². The standard InChI is InChI=1S/C24H15ClFN3O5/c1-12-5-6-14(25)10-19(12)27-20(13-3-2-4-15(26)9-13)21(24(27)32)28-22(30)17-8-7-16(29(33)34)11-18(17)23(28)31/h2-11,20-21H,1H3/t20-,21-/m1/s1. The lowest BCUT2D eigenvalue weighted by molar-refractivity contribution is -0.384. The van der Waals surface area contributed by atoms with Gasteiger partial charge in [0, 0.05) is 22.8 Å². The summed E-state index contributed by atoms with van der Waals surface area (Å²) in [4.78, 5) is 52.4. The number of nitrogens with zero attached hydrogens (tertiary/aromatic N) is 3. The van der Waals surface area contributed by atoms with Crippen LogP contribution in [0.3, 0.4) is 0 Å². The molecule has 0 aliphatic carbocycles. The predicted molar refractivity (Wildman–Crippen MR) is 120 cm³/mol. The normalized spacial score (nSPS) is 19.3. The molecule has 2 aliphatic rings. The largest absolute Gasteiger partial charge is 0.300 e. The number of amides is 3. The lowest BCUT2D eigenvalue weighted by Gasteiger charge is -2.50. The van der Waals surface area contributed by atoms with Crippen molar-refractivity contribution in [1.29, 1.82) is 0 Å². The molecule has 10 heteroatoms. The lowest BCUT2D eigenvalue weighted by Crippen LogP contribution is -2.67. The summed E-state index contributed by atoms with van der Waals surface area (Å²) in [6.45, 7) is 1.77. The molecule has 0 bridgehead atoms. The summed E-state index contributed by atoms with van der Waals surface area (Å²) in [5.74, 6) is -2.65. The molecule has 170 valence electrons. The summed E-state index contributed by atoms with van der Waals surface area (Å²) in [5, 5.41) is 11.5. The Morgan fingerprint density at radius 2 is 1.65 bits per heavy atom. The molecule has 3 amide bonds. The van der Waals surface area contributed by atoms with E-state index in [-0.39, 0.29) is 16.8 Å². The van der Waals surface area contributed by atoms with Crippen molar-refractivity contribution < 1.29 is 23.7 Å². The number of fused-ring (bicyclic) bond motifs is 1. The van der Waals surface area contributed by atoms with Gasteiger partial charge in [-0.2, -0.15) is 0 Å². The lowest BCUT2D eigenvalue weighted by atomic mass is 9.85. The molecule has 0 unspecified atom stereocenters. The summed E-state index contributed by atoms with van der Waals surface area (Å²) >= 11 is 6.15. The fourth-order valence-corrected chi connectivity index (χ4v) is 4.64. The van der Waals surface area contributed by atoms with Crippen LogP contribution in [0.2, 0.25) is 5.02 Å². The maximum atomic E-state index is 14.1. The van der Waals surface area contributed by atoms with E-state index >= 15 is 0 Å². The van der Waals surface area contributed by atoms with Crippen LogP contribution < -0.4 is 4.90 Å². The molecule has 2 heterocycles. The Balaban J connectivity index is 1.61. The zero-order valence-corrected chi connectivity index (χ0v) is 18.3. The van der Waals surface area contributed by atoms with Crippen LogP contribution in [0, 0.1) is 22.9 Å². The highest BCUT2D eigenvalue weighted by molar-refractivity contribution is 6.31. The van der Waals surface area contributed by atoms with Gasteiger partial charge in [0.2, 0.25) is 0 Å². The number of hydrogen-bond donors (Lipinski definition) is 0. The van der Waals surface area contributed by atoms with Crippen LogP contribution in [0.15, 0.2) is 60.7 Å². The van der Waals surface area contributed by atoms with E-state index in [0.717, 1.165) is 22.6 Å². The number of carbonyl (C=O) groups excluding carboxylic acids is 3. The molecule has 5 rings (SSSR count). The number of anilines is 1. The first-order valence-corrected chi connectivity index (χ1v) is 10.6. The van der Waals surface area contributed by atoms with Gasteiger partial charge in [-0.1, -0.05) is 29.8 Å². The number of nitro groups is 1. The minimum atomic E-state index is -1.26. The van der Waals surface area contributed by atoms with Gasteiger partial charge >= 0.3 is 0 Å². The third-order valence-electron chi connectivity index (χ3n) is 6.08. The van der Waals surface area contributed by atoms with Crippen molar-refractivity contribution in [2.24, 2.45) is 0 Å². The zero-order chi connectivity index (χ0) is 24.3. The number of aryl methyl sites for hydroxylation is 1. The van der Waals surface area contributed by atoms with E-state index < -0.39 is 40.5 Å². The second-order valence-electron chi connectivity index (χ2n) is 8.05. The minimum absolute atomic E-state index is 0.0289. The molecule has 0 saturated carbocycles. The topological polar surface area (TPSA) is 101 Å². The number of β-lactam (4-membered cyclic amide) rings is 1. The summed E-state index contributed by atoms with van der Waals surface area (Å²) in [7, 11) is 0. The molecule has 1 saturated heterocycles. The van der Waals surface area contributed by atoms with Crippen LogP contribution in [0.5, 0.6) is 0 Å². The molecule has 34 heavy (non-hydrogen) atoms. The van der Waals surface area contributed by atoms with E-state index in [1.807, 2.05) is 0 Å². The first-order valence-electron chi connectivity index (χ1n) is 10.2. The van der Waals surface area contributed by atoms with E-state index in [4.69, 9.17) is 11.6 Å². The number of benzene rings is 3. The number of hydrogen-bond acceptors (Lipinski definition) is 5. The van der Waals surface area contributed by atoms with Gasteiger partial charge in [0.05, 0.1) is 22.1 Å². The van der Waals surface area contributed by atoms with Crippen LogP contribution in [0.4, 0.5) is 15.8 Å². The Hall–Kier alpha value is -4.11. The summed E-state index contributed by atoms with van der Waals surface area (Å²) in [6.07, 6.45) is 0. The molecule has 0 radical (unpaired) electrons. The predicted octanol–water partition coefficient (Wildman–Crippen LogP) is 4.45. The first-order chi connectivity index (χ1) is 16.2. The van der Waals surface area contributed by atoms with E-state index in [2.05, 4.69) is 0 Å². The Kier molecular flexibility index (Phi) is 4.94. The second kappa shape index (κ2) is 7.74. The smallest absolute Gasteiger partial charge is 0.270 e. The molecule has 3 aromatic carbocycles. The average molecular weight is 480 g/mol. The Morgan fingerprint density at radius 3 is 2.35 bits per heavy atom. The maximum absolute atomic E-state index is 14.1. The van der Waals surface area contributed by atoms with Gasteiger partial charge < -0.3 is 4.90 Å². The monoisotopic (exact) mass is 479 g/mol. The number of rotatable bonds is 4. The van der Waals surface area contributed by atoms with E-state index in [0.29, 0.717) is 16.3 Å². The van der Waals surface area contributed by atoms with Gasteiger partial charge in [0.15, 0.2) is 0 Å². The molecule has 3 aromatic rings. The molecule has 2 atom stereocenters. The van der Waals surface area contributed by atoms with Crippen molar-refractivity contribution in [3.05, 3.63) is 104 Å². The van der Waals surface area contributed by atoms with Crippen molar-refractivity contribution in [2.75, 3.05) is 4.90 Å². The van der Waals surface area contributed by atoms with E-state index in [1.54, 1.807) is 31.2 Å². The minimum Gasteiger partial charge on any atom is -0.300 e. The van der Waals surface area contributed by atoms with Gasteiger partial charge in [-0.15, -0.1) is 0 Å². The Bertz CT molecular complexity index is 1430. The van der Waals surface area contributed by atoms with Gasteiger partial charge in [-0.25, -0.2) is 4.39 Å². The van der Waals surface area contributed by atoms with Crippen molar-refractivity contribution in [1.82, 2.24) is 4.90 Å². The molecule has 2 aliphatic heterocycles. The van der Waals surface area contributed by atoms with Crippen molar-refractivity contribution in [3.63, 3.8) is 0 Å². The zero-order valence-electron chi connectivity index (χ0n) is 17.6. The van der Waals surface area contributed by atoms with E-state index in [9.17, 15) is 28.9 Å². The first kappa shape index (κ1) is 21.7. The van der Waals surface area contributed by atoms with Crippen molar-refractivity contribution >= 4 is 40.7 Å². The van der Waals surface area contributed by atoms with Gasteiger partial charge in [-0.3, -0.25) is 29.4 Å². The average Bonchev–Trinajstić information content (AvgIpc) is 3.04. The van der Waals surface area contributed by atoms with Gasteiger partial charge in [-0.05, 0) is 48.4 Å². The summed E-state index contributed by atoms with van der Waals surface area (Å²) < 4.78 is 14.1. The van der Waals surface area contributed by atoms with Crippen LogP contribution in [-0.2, 0) is 4.79 Å². The molecular formula is C24H15ClFN3O5. The molecular weight excluding hydrogens is 465 g/mol. The molecule has 1 fully saturated rings. The molecule has 0 aromatic heterocycles. The third kappa shape index (κ3) is 3.16. The highest BCUT2D eigenvalue weighted by Gasteiger charge is 2.57. The summed E-state index contributed by atoms with van der Waals surface area (Å²) in [6, 6.07) is 11.7. The molecule has 0 N–H and O–H groups in total. The SMILES string of the molecule is Cc1ccc(Cl)cc1N1C(=O)[C@H](N2C(=O)c3ccc([N+](=O)[O-])cc3C2=O)[C@H]1c1cccc(F)c1. The number of imide groups is 1. The van der Waals surface area contributed by atoms with Crippen LogP contribution in [-0.4, -0.2) is 33.6 Å². The number of carbonyl (C=O) groups is 3. The van der Waals surface area contributed by atoms with Crippen LogP contribution >= 0.6 is 11.6 Å². The summed E-state index contributed by atoms with van der Waals surface area (Å²) in [5.41, 5.74) is 1.04. The maximum Gasteiger partial charge on any atom is 0.270 e. The third-order valence-corrected chi connectivity index (χ3v) is 6.31. The van der Waals surface area contributed by atoms with Crippen molar-refractivity contribution in [3.8, 4) is 0 Å². The highest BCUT2D eigenvalue weighted by Crippen LogP contribution is 2.46. The number of nitro benzene ring substituents is 1. The highest BCUT2D eigenvalue weighted by atomic mass is 35.5. The Morgan fingerprint density at radius 1 is 0.912 bits per heavy atom. The second-order valence-corrected chi connectivity index (χ2v) is 8.49. The van der Waals surface area contributed by atoms with E-state index in [1.165, 1.54) is 29.2 Å². The fourth-order valence-electron chi connectivity index (χ4n) is 4.47. The quantitative estimate of drug-likeness (QED) is 0.238. The Labute approximate surface area is 197 Å². The van der Waals surface area contributed by atoms with Gasteiger partial charge in [0.25, 0.3) is 23.4 Å². The van der Waals surface area contributed by atoms with Crippen LogP contribution in [0.25, 0.3) is 0 Å². The fraction of sp³-hybridized carbons (Fsp3) is 0.125. The van der Waals surface area contributed by atoms with Crippen LogP contribution in [0.1, 0.15) is 37.9 Å².